The Morgan fingerprint density at radius 3 is 2.53 bits per heavy atom. The van der Waals surface area contributed by atoms with Crippen LogP contribution in [0, 0.1) is 29.4 Å². The Morgan fingerprint density at radius 1 is 1.21 bits per heavy atom. The first-order valence-electron chi connectivity index (χ1n) is 7.31. The van der Waals surface area contributed by atoms with E-state index in [4.69, 9.17) is 0 Å². The van der Waals surface area contributed by atoms with Gasteiger partial charge in [0.2, 0.25) is 0 Å². The molecule has 0 amide bonds. The van der Waals surface area contributed by atoms with E-state index >= 15 is 0 Å². The van der Waals surface area contributed by atoms with Gasteiger partial charge in [-0.3, -0.25) is 0 Å². The Balaban J connectivity index is 1.60. The smallest absolute Gasteiger partial charge is 0.130 e. The highest BCUT2D eigenvalue weighted by atomic mass is 19.1. The fourth-order valence-electron chi connectivity index (χ4n) is 4.02. The van der Waals surface area contributed by atoms with Gasteiger partial charge < -0.3 is 5.32 Å². The highest BCUT2D eigenvalue weighted by Crippen LogP contribution is 2.49. The molecule has 4 atom stereocenters. The lowest BCUT2D eigenvalue weighted by Crippen LogP contribution is -2.36. The van der Waals surface area contributed by atoms with Gasteiger partial charge in [-0.15, -0.1) is 0 Å². The summed E-state index contributed by atoms with van der Waals surface area (Å²) in [6, 6.07) is 4.40. The van der Waals surface area contributed by atoms with Crippen LogP contribution in [0.25, 0.3) is 0 Å². The van der Waals surface area contributed by atoms with Crippen molar-refractivity contribution in [2.45, 2.75) is 45.2 Å². The number of fused-ring (bicyclic) bond motifs is 2. The molecule has 2 bridgehead atoms. The summed E-state index contributed by atoms with van der Waals surface area (Å²) >= 11 is 0. The maximum absolute atomic E-state index is 13.5. The van der Waals surface area contributed by atoms with Crippen molar-refractivity contribution in [2.75, 3.05) is 0 Å². The van der Waals surface area contributed by atoms with Crippen LogP contribution in [-0.4, -0.2) is 6.04 Å². The Bertz CT molecular complexity index is 440. The van der Waals surface area contributed by atoms with Gasteiger partial charge >= 0.3 is 0 Å². The summed E-state index contributed by atoms with van der Waals surface area (Å²) < 4.78 is 27.1. The van der Waals surface area contributed by atoms with Crippen LogP contribution in [0.3, 0.4) is 0 Å². The van der Waals surface area contributed by atoms with Crippen molar-refractivity contribution in [3.05, 3.63) is 35.4 Å². The highest BCUT2D eigenvalue weighted by Gasteiger charge is 2.41. The minimum Gasteiger partial charge on any atom is -0.310 e. The predicted octanol–water partition coefficient (Wildman–Crippen LogP) is 3.88. The molecule has 1 aromatic carbocycles. The summed E-state index contributed by atoms with van der Waals surface area (Å²) in [6.45, 7) is 2.44. The maximum Gasteiger partial charge on any atom is 0.130 e. The topological polar surface area (TPSA) is 12.0 Å². The van der Waals surface area contributed by atoms with Crippen molar-refractivity contribution in [1.82, 2.24) is 5.32 Å². The number of nitrogens with one attached hydrogen (secondary N) is 1. The van der Waals surface area contributed by atoms with Gasteiger partial charge in [0.15, 0.2) is 0 Å². The molecule has 2 aliphatic carbocycles. The van der Waals surface area contributed by atoms with E-state index in [1.54, 1.807) is 0 Å². The number of halogens is 2. The molecule has 0 aromatic heterocycles. The third kappa shape index (κ3) is 2.53. The Hall–Kier alpha value is -0.960. The molecule has 2 saturated carbocycles. The van der Waals surface area contributed by atoms with Gasteiger partial charge in [-0.1, -0.05) is 12.5 Å². The van der Waals surface area contributed by atoms with Crippen LogP contribution < -0.4 is 5.32 Å². The average Bonchev–Trinajstić information content (AvgIpc) is 3.00. The fourth-order valence-corrected chi connectivity index (χ4v) is 4.02. The molecular formula is C16H21F2N. The number of rotatable bonds is 4. The predicted molar refractivity (Wildman–Crippen MR) is 71.6 cm³/mol. The summed E-state index contributed by atoms with van der Waals surface area (Å²) in [5, 5.41) is 3.33. The van der Waals surface area contributed by atoms with Crippen LogP contribution in [0.5, 0.6) is 0 Å². The second-order valence-corrected chi connectivity index (χ2v) is 6.21. The minimum absolute atomic E-state index is 0.164. The van der Waals surface area contributed by atoms with Gasteiger partial charge in [-0.2, -0.15) is 0 Å². The SMILES string of the molecule is CC(NCc1c(F)cccc1F)C1CC2CCC1C2. The molecule has 104 valence electrons. The molecule has 2 fully saturated rings. The minimum atomic E-state index is -0.451. The summed E-state index contributed by atoms with van der Waals surface area (Å²) in [4.78, 5) is 0. The van der Waals surface area contributed by atoms with Gasteiger partial charge in [-0.05, 0) is 56.1 Å². The van der Waals surface area contributed by atoms with E-state index in [2.05, 4.69) is 12.2 Å². The molecule has 0 spiro atoms. The molecular weight excluding hydrogens is 244 g/mol. The van der Waals surface area contributed by atoms with Gasteiger partial charge in [0.25, 0.3) is 0 Å². The lowest BCUT2D eigenvalue weighted by Gasteiger charge is -2.28. The van der Waals surface area contributed by atoms with E-state index in [-0.39, 0.29) is 12.1 Å². The number of benzene rings is 1. The summed E-state index contributed by atoms with van der Waals surface area (Å²) in [7, 11) is 0. The maximum atomic E-state index is 13.5. The molecule has 1 N–H and O–H groups in total. The quantitative estimate of drug-likeness (QED) is 0.871. The monoisotopic (exact) mass is 265 g/mol. The van der Waals surface area contributed by atoms with Crippen molar-refractivity contribution in [3.8, 4) is 0 Å². The normalized spacial score (nSPS) is 30.8. The first-order chi connectivity index (χ1) is 9.15. The van der Waals surface area contributed by atoms with Crippen molar-refractivity contribution < 1.29 is 8.78 Å². The first-order valence-corrected chi connectivity index (χ1v) is 7.31. The van der Waals surface area contributed by atoms with E-state index in [0.29, 0.717) is 12.0 Å². The zero-order valence-electron chi connectivity index (χ0n) is 11.3. The lowest BCUT2D eigenvalue weighted by atomic mass is 9.84. The van der Waals surface area contributed by atoms with Crippen molar-refractivity contribution >= 4 is 0 Å². The third-order valence-electron chi connectivity index (χ3n) is 5.10. The molecule has 0 radical (unpaired) electrons. The second-order valence-electron chi connectivity index (χ2n) is 6.21. The molecule has 3 heteroatoms. The van der Waals surface area contributed by atoms with Crippen molar-refractivity contribution in [3.63, 3.8) is 0 Å². The summed E-state index contributed by atoms with van der Waals surface area (Å²) in [6.07, 6.45) is 5.38. The van der Waals surface area contributed by atoms with Crippen LogP contribution >= 0.6 is 0 Å². The van der Waals surface area contributed by atoms with E-state index in [1.165, 1.54) is 43.9 Å². The van der Waals surface area contributed by atoms with E-state index in [1.807, 2.05) is 0 Å². The van der Waals surface area contributed by atoms with E-state index in [0.717, 1.165) is 11.8 Å². The standard InChI is InChI=1S/C16H21F2N/c1-10(13-8-11-5-6-12(13)7-11)19-9-14-15(17)3-2-4-16(14)18/h2-4,10-13,19H,5-9H2,1H3. The molecule has 19 heavy (non-hydrogen) atoms. The Labute approximate surface area is 113 Å². The highest BCUT2D eigenvalue weighted by molar-refractivity contribution is 5.19. The van der Waals surface area contributed by atoms with Gasteiger partial charge in [-0.25, -0.2) is 8.78 Å². The number of hydrogen-bond acceptors (Lipinski definition) is 1. The molecule has 0 aliphatic heterocycles. The van der Waals surface area contributed by atoms with Gasteiger partial charge in [0, 0.05) is 18.2 Å². The molecule has 3 rings (SSSR count). The van der Waals surface area contributed by atoms with Gasteiger partial charge in [0.1, 0.15) is 11.6 Å². The molecule has 0 saturated heterocycles. The van der Waals surface area contributed by atoms with Gasteiger partial charge in [0.05, 0.1) is 0 Å². The first kappa shape index (κ1) is 13.0. The number of hydrogen-bond donors (Lipinski definition) is 1. The molecule has 4 unspecified atom stereocenters. The Morgan fingerprint density at radius 2 is 1.95 bits per heavy atom. The van der Waals surface area contributed by atoms with E-state index in [9.17, 15) is 8.78 Å². The zero-order chi connectivity index (χ0) is 13.4. The summed E-state index contributed by atoms with van der Waals surface area (Å²) in [5.74, 6) is 1.52. The summed E-state index contributed by atoms with van der Waals surface area (Å²) in [5.41, 5.74) is 0.164. The van der Waals surface area contributed by atoms with Crippen LogP contribution in [0.2, 0.25) is 0 Å². The largest absolute Gasteiger partial charge is 0.310 e. The van der Waals surface area contributed by atoms with Crippen molar-refractivity contribution in [2.24, 2.45) is 17.8 Å². The lowest BCUT2D eigenvalue weighted by molar-refractivity contribution is 0.258. The van der Waals surface area contributed by atoms with Crippen LogP contribution in [0.15, 0.2) is 18.2 Å². The fraction of sp³-hybridized carbons (Fsp3) is 0.625. The van der Waals surface area contributed by atoms with E-state index < -0.39 is 11.6 Å². The molecule has 2 aliphatic rings. The zero-order valence-corrected chi connectivity index (χ0v) is 11.3. The van der Waals surface area contributed by atoms with Crippen molar-refractivity contribution in [1.29, 1.82) is 0 Å². The molecule has 1 nitrogen and oxygen atoms in total. The molecule has 0 heterocycles. The third-order valence-corrected chi connectivity index (χ3v) is 5.10. The van der Waals surface area contributed by atoms with Crippen LogP contribution in [-0.2, 0) is 6.54 Å². The second kappa shape index (κ2) is 5.20. The van der Waals surface area contributed by atoms with Crippen LogP contribution in [0.1, 0.15) is 38.2 Å². The Kier molecular flexibility index (Phi) is 3.57. The van der Waals surface area contributed by atoms with Crippen LogP contribution in [0.4, 0.5) is 8.78 Å². The molecule has 1 aromatic rings. The average molecular weight is 265 g/mol.